The van der Waals surface area contributed by atoms with Gasteiger partial charge in [-0.3, -0.25) is 29.4 Å². The minimum atomic E-state index is -0.956. The van der Waals surface area contributed by atoms with Crippen LogP contribution < -0.4 is 10.2 Å². The first-order valence-electron chi connectivity index (χ1n) is 8.24. The second-order valence-corrected chi connectivity index (χ2v) is 6.50. The molecule has 2 atom stereocenters. The van der Waals surface area contributed by atoms with Crippen molar-refractivity contribution in [2.45, 2.75) is 31.3 Å². The van der Waals surface area contributed by atoms with Gasteiger partial charge in [-0.25, -0.2) is 0 Å². The van der Waals surface area contributed by atoms with Crippen molar-refractivity contribution in [3.05, 3.63) is 29.3 Å². The Hall–Kier alpha value is -2.74. The van der Waals surface area contributed by atoms with Crippen LogP contribution in [0, 0.1) is 0 Å². The highest BCUT2D eigenvalue weighted by Gasteiger charge is 2.45. The van der Waals surface area contributed by atoms with Gasteiger partial charge in [0.15, 0.2) is 0 Å². The maximum absolute atomic E-state index is 12.7. The molecular weight excluding hydrogens is 326 g/mol. The Balaban J connectivity index is 1.63. The Morgan fingerprint density at radius 3 is 2.48 bits per heavy atom. The molecule has 2 unspecified atom stereocenters. The van der Waals surface area contributed by atoms with Gasteiger partial charge in [-0.05, 0) is 31.0 Å². The van der Waals surface area contributed by atoms with Gasteiger partial charge in [0, 0.05) is 18.7 Å². The molecular formula is C17H17N3O5. The summed E-state index contributed by atoms with van der Waals surface area (Å²) in [5.41, 5.74) is 1.30. The largest absolute Gasteiger partial charge is 0.394 e. The lowest BCUT2D eigenvalue weighted by Gasteiger charge is -2.42. The number of rotatable bonds is 3. The summed E-state index contributed by atoms with van der Waals surface area (Å²) in [5.74, 6) is -2.04. The highest BCUT2D eigenvalue weighted by Crippen LogP contribution is 2.33. The number of aliphatic hydroxyl groups excluding tert-OH is 1. The number of piperidine rings is 1. The van der Waals surface area contributed by atoms with E-state index < -0.39 is 29.7 Å². The van der Waals surface area contributed by atoms with E-state index in [9.17, 15) is 24.3 Å². The third-order valence-electron chi connectivity index (χ3n) is 5.11. The minimum Gasteiger partial charge on any atom is -0.394 e. The van der Waals surface area contributed by atoms with Crippen LogP contribution in [0.15, 0.2) is 18.2 Å². The van der Waals surface area contributed by atoms with E-state index in [0.717, 1.165) is 23.6 Å². The first-order valence-corrected chi connectivity index (χ1v) is 8.24. The highest BCUT2D eigenvalue weighted by molar-refractivity contribution is 6.23. The van der Waals surface area contributed by atoms with Crippen molar-refractivity contribution in [1.82, 2.24) is 10.2 Å². The number of carbonyl (C=O) groups excluding carboxylic acids is 4. The molecule has 8 nitrogen and oxygen atoms in total. The summed E-state index contributed by atoms with van der Waals surface area (Å²) in [4.78, 5) is 51.6. The first-order chi connectivity index (χ1) is 12.0. The molecule has 0 spiro atoms. The Kier molecular flexibility index (Phi) is 3.57. The lowest BCUT2D eigenvalue weighted by molar-refractivity contribution is -0.136. The van der Waals surface area contributed by atoms with Crippen molar-refractivity contribution in [2.75, 3.05) is 18.1 Å². The number of fused-ring (bicyclic) bond motifs is 1. The van der Waals surface area contributed by atoms with Crippen molar-refractivity contribution in [3.8, 4) is 0 Å². The zero-order valence-corrected chi connectivity index (χ0v) is 13.4. The fourth-order valence-corrected chi connectivity index (χ4v) is 3.61. The molecule has 1 aromatic carbocycles. The van der Waals surface area contributed by atoms with E-state index in [-0.39, 0.29) is 36.6 Å². The maximum Gasteiger partial charge on any atom is 0.262 e. The van der Waals surface area contributed by atoms with Gasteiger partial charge >= 0.3 is 0 Å². The molecule has 0 saturated carbocycles. The second-order valence-electron chi connectivity index (χ2n) is 6.50. The Bertz CT molecular complexity index is 803. The third-order valence-corrected chi connectivity index (χ3v) is 5.11. The van der Waals surface area contributed by atoms with Crippen LogP contribution in [0.1, 0.15) is 40.0 Å². The molecule has 8 heteroatoms. The molecule has 25 heavy (non-hydrogen) atoms. The van der Waals surface area contributed by atoms with Crippen molar-refractivity contribution in [1.29, 1.82) is 0 Å². The molecule has 130 valence electrons. The summed E-state index contributed by atoms with van der Waals surface area (Å²) < 4.78 is 0. The van der Waals surface area contributed by atoms with Crippen LogP contribution in [-0.4, -0.2) is 58.9 Å². The molecule has 0 radical (unpaired) electrons. The van der Waals surface area contributed by atoms with E-state index in [1.807, 2.05) is 4.90 Å². The van der Waals surface area contributed by atoms with Gasteiger partial charge in [0.1, 0.15) is 6.04 Å². The quantitative estimate of drug-likeness (QED) is 0.727. The predicted octanol–water partition coefficient (Wildman–Crippen LogP) is -0.341. The molecule has 4 rings (SSSR count). The Morgan fingerprint density at radius 1 is 1.08 bits per heavy atom. The summed E-state index contributed by atoms with van der Waals surface area (Å²) in [7, 11) is 0. The fraction of sp³-hybridized carbons (Fsp3) is 0.412. The van der Waals surface area contributed by atoms with Crippen LogP contribution in [0.3, 0.4) is 0 Å². The lowest BCUT2D eigenvalue weighted by atomic mass is 10.0. The van der Waals surface area contributed by atoms with Gasteiger partial charge in [-0.2, -0.15) is 0 Å². The van der Waals surface area contributed by atoms with E-state index in [4.69, 9.17) is 0 Å². The third kappa shape index (κ3) is 2.32. The van der Waals surface area contributed by atoms with Crippen LogP contribution in [0.4, 0.5) is 5.69 Å². The van der Waals surface area contributed by atoms with Crippen molar-refractivity contribution >= 4 is 29.3 Å². The number of benzene rings is 1. The SMILES string of the molecule is O=C1CCC(N2C(=O)c3ccc(N4CCC4CO)cc3C2=O)C(=O)N1. The molecule has 0 aliphatic carbocycles. The summed E-state index contributed by atoms with van der Waals surface area (Å²) in [6.07, 6.45) is 1.12. The number of hydrogen-bond acceptors (Lipinski definition) is 6. The summed E-state index contributed by atoms with van der Waals surface area (Å²) in [6, 6.07) is 4.05. The molecule has 2 fully saturated rings. The maximum atomic E-state index is 12.7. The number of carbonyl (C=O) groups is 4. The first kappa shape index (κ1) is 15.8. The summed E-state index contributed by atoms with van der Waals surface area (Å²) in [5, 5.41) is 11.5. The Labute approximate surface area is 143 Å². The van der Waals surface area contributed by atoms with E-state index in [2.05, 4.69) is 5.32 Å². The predicted molar refractivity (Wildman–Crippen MR) is 86.0 cm³/mol. The number of aliphatic hydroxyl groups is 1. The van der Waals surface area contributed by atoms with Crippen molar-refractivity contribution in [2.24, 2.45) is 0 Å². The number of nitrogens with zero attached hydrogens (tertiary/aromatic N) is 2. The summed E-state index contributed by atoms with van der Waals surface area (Å²) in [6.45, 7) is 0.815. The minimum absolute atomic E-state index is 0.0245. The smallest absolute Gasteiger partial charge is 0.262 e. The van der Waals surface area contributed by atoms with Gasteiger partial charge in [-0.15, -0.1) is 0 Å². The Morgan fingerprint density at radius 2 is 1.84 bits per heavy atom. The van der Waals surface area contributed by atoms with Crippen LogP contribution in [0.25, 0.3) is 0 Å². The fourth-order valence-electron chi connectivity index (χ4n) is 3.61. The average Bonchev–Trinajstić information content (AvgIpc) is 2.79. The van der Waals surface area contributed by atoms with Crippen molar-refractivity contribution < 1.29 is 24.3 Å². The zero-order chi connectivity index (χ0) is 17.7. The second kappa shape index (κ2) is 5.66. The van der Waals surface area contributed by atoms with Crippen LogP contribution in [0.5, 0.6) is 0 Å². The van der Waals surface area contributed by atoms with Gasteiger partial charge < -0.3 is 10.0 Å². The standard InChI is InChI=1S/C17H17N3O5/c21-8-10-5-6-19(10)9-1-2-11-12(7-9)17(25)20(16(11)24)13-3-4-14(22)18-15(13)23/h1-2,7,10,13,21H,3-6,8H2,(H,18,22,23). The molecule has 4 amide bonds. The number of nitrogens with one attached hydrogen (secondary N) is 1. The van der Waals surface area contributed by atoms with E-state index in [0.29, 0.717) is 0 Å². The number of anilines is 1. The van der Waals surface area contributed by atoms with Gasteiger partial charge in [0.05, 0.1) is 23.8 Å². The molecule has 2 saturated heterocycles. The highest BCUT2D eigenvalue weighted by atomic mass is 16.3. The molecule has 0 aromatic heterocycles. The van der Waals surface area contributed by atoms with E-state index in [1.54, 1.807) is 18.2 Å². The van der Waals surface area contributed by atoms with Gasteiger partial charge in [0.2, 0.25) is 11.8 Å². The molecule has 3 aliphatic rings. The lowest BCUT2D eigenvalue weighted by Crippen LogP contribution is -2.54. The molecule has 0 bridgehead atoms. The van der Waals surface area contributed by atoms with E-state index in [1.165, 1.54) is 0 Å². The molecule has 3 aliphatic heterocycles. The normalized spacial score (nSPS) is 25.8. The molecule has 2 N–H and O–H groups in total. The summed E-state index contributed by atoms with van der Waals surface area (Å²) >= 11 is 0. The molecule has 3 heterocycles. The van der Waals surface area contributed by atoms with Gasteiger partial charge in [0.25, 0.3) is 11.8 Å². The van der Waals surface area contributed by atoms with E-state index >= 15 is 0 Å². The molecule has 1 aromatic rings. The number of amides is 4. The topological polar surface area (TPSA) is 107 Å². The average molecular weight is 343 g/mol. The van der Waals surface area contributed by atoms with Crippen LogP contribution in [-0.2, 0) is 9.59 Å². The van der Waals surface area contributed by atoms with Crippen molar-refractivity contribution in [3.63, 3.8) is 0 Å². The number of hydrogen-bond donors (Lipinski definition) is 2. The van der Waals surface area contributed by atoms with Gasteiger partial charge in [-0.1, -0.05) is 0 Å². The monoisotopic (exact) mass is 343 g/mol. The van der Waals surface area contributed by atoms with Crippen LogP contribution >= 0.6 is 0 Å². The number of imide groups is 2. The van der Waals surface area contributed by atoms with Crippen LogP contribution in [0.2, 0.25) is 0 Å². The zero-order valence-electron chi connectivity index (χ0n) is 13.4.